The second-order valence-corrected chi connectivity index (χ2v) is 5.37. The van der Waals surface area contributed by atoms with Gasteiger partial charge in [0.1, 0.15) is 5.75 Å². The summed E-state index contributed by atoms with van der Waals surface area (Å²) in [5, 5.41) is 6.19. The van der Waals surface area contributed by atoms with Crippen molar-refractivity contribution >= 4 is 11.8 Å². The van der Waals surface area contributed by atoms with Crippen molar-refractivity contribution in [1.82, 2.24) is 15.5 Å². The number of carbonyl (C=O) groups is 2. The lowest BCUT2D eigenvalue weighted by molar-refractivity contribution is -0.123. The zero-order valence-corrected chi connectivity index (χ0v) is 12.5. The number of nitrogens with two attached hydrogens (primary N) is 1. The number of hydrogen-bond donors (Lipinski definition) is 2. The van der Waals surface area contributed by atoms with Crippen LogP contribution in [0.5, 0.6) is 5.75 Å². The van der Waals surface area contributed by atoms with Gasteiger partial charge >= 0.3 is 0 Å². The first-order valence-corrected chi connectivity index (χ1v) is 7.10. The predicted octanol–water partition coefficient (Wildman–Crippen LogP) is 0.525. The van der Waals surface area contributed by atoms with Crippen LogP contribution in [-0.2, 0) is 16.8 Å². The number of ether oxygens (including phenoxy) is 1. The molecule has 0 radical (unpaired) electrons. The van der Waals surface area contributed by atoms with Crippen molar-refractivity contribution in [2.75, 3.05) is 7.11 Å². The van der Waals surface area contributed by atoms with Gasteiger partial charge in [0.25, 0.3) is 11.7 Å². The van der Waals surface area contributed by atoms with Crippen molar-refractivity contribution in [3.63, 3.8) is 0 Å². The van der Waals surface area contributed by atoms with Crippen LogP contribution in [0.2, 0.25) is 0 Å². The van der Waals surface area contributed by atoms with Crippen molar-refractivity contribution < 1.29 is 18.8 Å². The summed E-state index contributed by atoms with van der Waals surface area (Å²) < 4.78 is 9.98. The van der Waals surface area contributed by atoms with E-state index in [2.05, 4.69) is 15.5 Å². The summed E-state index contributed by atoms with van der Waals surface area (Å²) in [6.07, 6.45) is 1.56. The van der Waals surface area contributed by atoms with Gasteiger partial charge in [-0.1, -0.05) is 17.3 Å². The van der Waals surface area contributed by atoms with E-state index in [0.717, 1.165) is 24.2 Å². The number of benzene rings is 1. The molecule has 0 saturated heterocycles. The minimum Gasteiger partial charge on any atom is -0.497 e. The highest BCUT2D eigenvalue weighted by molar-refractivity contribution is 5.91. The second-order valence-electron chi connectivity index (χ2n) is 5.37. The molecule has 2 amide bonds. The van der Waals surface area contributed by atoms with Crippen molar-refractivity contribution in [3.05, 3.63) is 41.5 Å². The zero-order valence-electron chi connectivity index (χ0n) is 12.5. The van der Waals surface area contributed by atoms with E-state index in [4.69, 9.17) is 15.0 Å². The predicted molar refractivity (Wildman–Crippen MR) is 78.6 cm³/mol. The van der Waals surface area contributed by atoms with E-state index in [9.17, 15) is 9.59 Å². The summed E-state index contributed by atoms with van der Waals surface area (Å²) in [5.74, 6) is -0.206. The molecule has 2 aromatic rings. The second kappa shape index (κ2) is 5.71. The molecule has 0 unspecified atom stereocenters. The van der Waals surface area contributed by atoms with Crippen LogP contribution >= 0.6 is 0 Å². The normalized spacial score (nSPS) is 15.0. The Morgan fingerprint density at radius 3 is 2.57 bits per heavy atom. The molecule has 0 aliphatic heterocycles. The van der Waals surface area contributed by atoms with Gasteiger partial charge in [0.05, 0.1) is 19.1 Å². The largest absolute Gasteiger partial charge is 0.497 e. The zero-order chi connectivity index (χ0) is 16.4. The molecule has 3 rings (SSSR count). The molecule has 0 spiro atoms. The molecule has 1 aromatic carbocycles. The monoisotopic (exact) mass is 316 g/mol. The van der Waals surface area contributed by atoms with Gasteiger partial charge in [-0.05, 0) is 30.5 Å². The van der Waals surface area contributed by atoms with Crippen molar-refractivity contribution in [2.24, 2.45) is 5.73 Å². The Balaban J connectivity index is 1.65. The van der Waals surface area contributed by atoms with Crippen LogP contribution in [0, 0.1) is 0 Å². The van der Waals surface area contributed by atoms with Crippen LogP contribution in [0.1, 0.15) is 34.9 Å². The average Bonchev–Trinajstić information content (AvgIpc) is 3.24. The topological polar surface area (TPSA) is 120 Å². The Hall–Kier alpha value is -2.90. The fourth-order valence-corrected chi connectivity index (χ4v) is 2.43. The number of methoxy groups -OCH3 is 1. The van der Waals surface area contributed by atoms with Gasteiger partial charge < -0.3 is 20.3 Å². The number of carbonyl (C=O) groups excluding carboxylic acids is 2. The first-order valence-electron chi connectivity index (χ1n) is 7.10. The molecule has 1 saturated carbocycles. The standard InChI is InChI=1S/C15H16N4O4/c1-22-10-4-2-9(3-5-10)15(6-7-15)14(21)17-8-11-18-13(12(16)20)19-23-11/h2-5H,6-8H2,1H3,(H2,16,20)(H,17,21). The van der Waals surface area contributed by atoms with E-state index in [1.54, 1.807) is 7.11 Å². The highest BCUT2D eigenvalue weighted by Gasteiger charge is 2.51. The average molecular weight is 316 g/mol. The van der Waals surface area contributed by atoms with Gasteiger partial charge in [-0.25, -0.2) is 0 Å². The minimum absolute atomic E-state index is 0.0526. The maximum Gasteiger partial charge on any atom is 0.290 e. The van der Waals surface area contributed by atoms with E-state index in [-0.39, 0.29) is 24.2 Å². The van der Waals surface area contributed by atoms with E-state index in [1.165, 1.54) is 0 Å². The number of primary amides is 1. The van der Waals surface area contributed by atoms with Crippen LogP contribution in [0.4, 0.5) is 0 Å². The molecule has 1 aromatic heterocycles. The Morgan fingerprint density at radius 2 is 2.04 bits per heavy atom. The molecular weight excluding hydrogens is 300 g/mol. The van der Waals surface area contributed by atoms with Gasteiger partial charge in [0.2, 0.25) is 11.8 Å². The number of aromatic nitrogens is 2. The fourth-order valence-electron chi connectivity index (χ4n) is 2.43. The Labute approximate surface area is 132 Å². The van der Waals surface area contributed by atoms with Crippen molar-refractivity contribution in [3.8, 4) is 5.75 Å². The molecule has 23 heavy (non-hydrogen) atoms. The Bertz CT molecular complexity index is 734. The molecule has 0 bridgehead atoms. The Kier molecular flexibility index (Phi) is 3.73. The van der Waals surface area contributed by atoms with Crippen LogP contribution in [0.15, 0.2) is 28.8 Å². The van der Waals surface area contributed by atoms with Crippen molar-refractivity contribution in [2.45, 2.75) is 24.8 Å². The lowest BCUT2D eigenvalue weighted by atomic mass is 9.95. The highest BCUT2D eigenvalue weighted by Crippen LogP contribution is 2.48. The molecule has 8 heteroatoms. The summed E-state index contributed by atoms with van der Waals surface area (Å²) in [6.45, 7) is 0.0526. The third kappa shape index (κ3) is 2.87. The molecular formula is C15H16N4O4. The maximum absolute atomic E-state index is 12.5. The summed E-state index contributed by atoms with van der Waals surface area (Å²) >= 11 is 0. The smallest absolute Gasteiger partial charge is 0.290 e. The third-order valence-corrected chi connectivity index (χ3v) is 3.92. The molecule has 8 nitrogen and oxygen atoms in total. The fraction of sp³-hybridized carbons (Fsp3) is 0.333. The molecule has 0 atom stereocenters. The number of hydrogen-bond acceptors (Lipinski definition) is 6. The minimum atomic E-state index is -0.775. The Morgan fingerprint density at radius 1 is 1.35 bits per heavy atom. The summed E-state index contributed by atoms with van der Waals surface area (Å²) in [5.41, 5.74) is 5.47. The SMILES string of the molecule is COc1ccc(C2(C(=O)NCc3nc(C(N)=O)no3)CC2)cc1. The van der Waals surface area contributed by atoms with Crippen molar-refractivity contribution in [1.29, 1.82) is 0 Å². The van der Waals surface area contributed by atoms with Crippen LogP contribution < -0.4 is 15.8 Å². The molecule has 1 aliphatic rings. The number of nitrogens with one attached hydrogen (secondary N) is 1. The molecule has 1 heterocycles. The lowest BCUT2D eigenvalue weighted by Gasteiger charge is -2.15. The van der Waals surface area contributed by atoms with Gasteiger partial charge in [0.15, 0.2) is 0 Å². The van der Waals surface area contributed by atoms with E-state index >= 15 is 0 Å². The molecule has 1 aliphatic carbocycles. The first-order chi connectivity index (χ1) is 11.0. The van der Waals surface area contributed by atoms with Gasteiger partial charge in [-0.2, -0.15) is 4.98 Å². The van der Waals surface area contributed by atoms with Crippen LogP contribution in [-0.4, -0.2) is 29.1 Å². The quantitative estimate of drug-likeness (QED) is 0.801. The van der Waals surface area contributed by atoms with E-state index < -0.39 is 11.3 Å². The summed E-state index contributed by atoms with van der Waals surface area (Å²) in [6, 6.07) is 7.45. The maximum atomic E-state index is 12.5. The van der Waals surface area contributed by atoms with Gasteiger partial charge in [0, 0.05) is 0 Å². The highest BCUT2D eigenvalue weighted by atomic mass is 16.5. The lowest BCUT2D eigenvalue weighted by Crippen LogP contribution is -2.34. The number of nitrogens with zero attached hydrogens (tertiary/aromatic N) is 2. The van der Waals surface area contributed by atoms with Crippen LogP contribution in [0.25, 0.3) is 0 Å². The third-order valence-electron chi connectivity index (χ3n) is 3.92. The number of amides is 2. The van der Waals surface area contributed by atoms with E-state index in [1.807, 2.05) is 24.3 Å². The van der Waals surface area contributed by atoms with Crippen LogP contribution in [0.3, 0.4) is 0 Å². The summed E-state index contributed by atoms with van der Waals surface area (Å²) in [7, 11) is 1.60. The van der Waals surface area contributed by atoms with E-state index in [0.29, 0.717) is 0 Å². The van der Waals surface area contributed by atoms with Gasteiger partial charge in [-0.3, -0.25) is 9.59 Å². The first kappa shape index (κ1) is 15.0. The summed E-state index contributed by atoms with van der Waals surface area (Å²) in [4.78, 5) is 27.2. The molecule has 120 valence electrons. The number of rotatable bonds is 6. The molecule has 3 N–H and O–H groups in total. The van der Waals surface area contributed by atoms with Gasteiger partial charge in [-0.15, -0.1) is 0 Å². The molecule has 1 fully saturated rings.